The zero-order valence-electron chi connectivity index (χ0n) is 15.2. The number of carbonyl (C=O) groups is 1. The first-order valence-electron chi connectivity index (χ1n) is 8.75. The van der Waals surface area contributed by atoms with Crippen LogP contribution < -0.4 is 0 Å². The molecule has 1 aromatic carbocycles. The maximum absolute atomic E-state index is 12.6. The fourth-order valence-electron chi connectivity index (χ4n) is 3.21. The van der Waals surface area contributed by atoms with Crippen LogP contribution in [0.3, 0.4) is 0 Å². The smallest absolute Gasteiger partial charge is 0.339 e. The summed E-state index contributed by atoms with van der Waals surface area (Å²) >= 11 is 0. The Labute approximate surface area is 155 Å². The van der Waals surface area contributed by atoms with Gasteiger partial charge in [0.1, 0.15) is 0 Å². The maximum Gasteiger partial charge on any atom is 0.339 e. The number of nitro benzene ring substituents is 2. The molecule has 1 atom stereocenters. The highest BCUT2D eigenvalue weighted by molar-refractivity contribution is 5.91. The quantitative estimate of drug-likeness (QED) is 0.289. The molecule has 0 bridgehead atoms. The van der Waals surface area contributed by atoms with E-state index in [1.807, 2.05) is 0 Å². The van der Waals surface area contributed by atoms with E-state index in [2.05, 4.69) is 0 Å². The third kappa shape index (κ3) is 4.77. The van der Waals surface area contributed by atoms with Gasteiger partial charge in [-0.05, 0) is 33.1 Å². The van der Waals surface area contributed by atoms with Gasteiger partial charge in [0.25, 0.3) is 11.4 Å². The molecule has 10 heteroatoms. The van der Waals surface area contributed by atoms with Gasteiger partial charge in [-0.2, -0.15) is 0 Å². The minimum atomic E-state index is -1.08. The van der Waals surface area contributed by atoms with Crippen LogP contribution in [0.5, 0.6) is 0 Å². The number of nitro groups is 2. The largest absolute Gasteiger partial charge is 0.453 e. The standard InChI is InChI=1S/C17H22N2O8/c1-3-25-17(26-4-2)8-6-5-7-15(17)27-16(20)12-9-13(18(21)22)11-14(10-12)19(23)24/h9-11,15H,3-8H2,1-2H3. The summed E-state index contributed by atoms with van der Waals surface area (Å²) in [5, 5.41) is 22.0. The fourth-order valence-corrected chi connectivity index (χ4v) is 3.21. The highest BCUT2D eigenvalue weighted by Gasteiger charge is 2.45. The molecule has 0 radical (unpaired) electrons. The second kappa shape index (κ2) is 8.87. The average Bonchev–Trinajstić information content (AvgIpc) is 2.63. The molecule has 1 aromatic rings. The van der Waals surface area contributed by atoms with Gasteiger partial charge < -0.3 is 14.2 Å². The van der Waals surface area contributed by atoms with Crippen molar-refractivity contribution in [3.05, 3.63) is 44.0 Å². The van der Waals surface area contributed by atoms with Crippen LogP contribution in [-0.2, 0) is 14.2 Å². The monoisotopic (exact) mass is 382 g/mol. The van der Waals surface area contributed by atoms with E-state index >= 15 is 0 Å². The summed E-state index contributed by atoms with van der Waals surface area (Å²) in [6.07, 6.45) is 1.98. The van der Waals surface area contributed by atoms with E-state index in [1.54, 1.807) is 13.8 Å². The summed E-state index contributed by atoms with van der Waals surface area (Å²) < 4.78 is 17.1. The molecule has 0 saturated heterocycles. The molecule has 1 saturated carbocycles. The topological polar surface area (TPSA) is 131 Å². The Morgan fingerprint density at radius 1 is 1.07 bits per heavy atom. The molecule has 0 spiro atoms. The number of carbonyl (C=O) groups excluding carboxylic acids is 1. The van der Waals surface area contributed by atoms with Crippen LogP contribution in [0, 0.1) is 20.2 Å². The van der Waals surface area contributed by atoms with Crippen molar-refractivity contribution in [2.45, 2.75) is 51.4 Å². The minimum Gasteiger partial charge on any atom is -0.453 e. The van der Waals surface area contributed by atoms with Crippen LogP contribution in [0.15, 0.2) is 18.2 Å². The number of hydrogen-bond donors (Lipinski definition) is 0. The van der Waals surface area contributed by atoms with Crippen LogP contribution in [0.2, 0.25) is 0 Å². The van der Waals surface area contributed by atoms with E-state index in [4.69, 9.17) is 14.2 Å². The predicted molar refractivity (Wildman–Crippen MR) is 93.4 cm³/mol. The van der Waals surface area contributed by atoms with Crippen molar-refractivity contribution in [3.63, 3.8) is 0 Å². The molecule has 1 aliphatic rings. The molecule has 10 nitrogen and oxygen atoms in total. The van der Waals surface area contributed by atoms with E-state index in [9.17, 15) is 25.0 Å². The Morgan fingerprint density at radius 3 is 2.11 bits per heavy atom. The van der Waals surface area contributed by atoms with Gasteiger partial charge >= 0.3 is 5.97 Å². The van der Waals surface area contributed by atoms with Crippen molar-refractivity contribution in [2.24, 2.45) is 0 Å². The highest BCUT2D eigenvalue weighted by Crippen LogP contribution is 2.36. The van der Waals surface area contributed by atoms with Crippen LogP contribution >= 0.6 is 0 Å². The van der Waals surface area contributed by atoms with Gasteiger partial charge in [0.2, 0.25) is 5.79 Å². The number of esters is 1. The van der Waals surface area contributed by atoms with Gasteiger partial charge in [0.15, 0.2) is 6.10 Å². The van der Waals surface area contributed by atoms with E-state index in [1.165, 1.54) is 0 Å². The minimum absolute atomic E-state index is 0.261. The van der Waals surface area contributed by atoms with Gasteiger partial charge in [-0.1, -0.05) is 0 Å². The number of nitrogens with zero attached hydrogens (tertiary/aromatic N) is 2. The third-order valence-corrected chi connectivity index (χ3v) is 4.32. The molecule has 2 rings (SSSR count). The molecule has 0 N–H and O–H groups in total. The first-order chi connectivity index (χ1) is 12.8. The third-order valence-electron chi connectivity index (χ3n) is 4.32. The predicted octanol–water partition coefficient (Wildman–Crippen LogP) is 3.37. The number of rotatable bonds is 8. The van der Waals surface area contributed by atoms with Crippen molar-refractivity contribution >= 4 is 17.3 Å². The second-order valence-electron chi connectivity index (χ2n) is 6.07. The molecule has 0 aliphatic heterocycles. The van der Waals surface area contributed by atoms with E-state index < -0.39 is 39.1 Å². The molecular weight excluding hydrogens is 360 g/mol. The molecule has 0 aromatic heterocycles. The zero-order valence-corrected chi connectivity index (χ0v) is 15.2. The van der Waals surface area contributed by atoms with Crippen molar-refractivity contribution in [2.75, 3.05) is 13.2 Å². The molecule has 27 heavy (non-hydrogen) atoms. The normalized spacial score (nSPS) is 18.7. The lowest BCUT2D eigenvalue weighted by Crippen LogP contribution is -2.51. The van der Waals surface area contributed by atoms with Gasteiger partial charge in [-0.3, -0.25) is 20.2 Å². The Morgan fingerprint density at radius 2 is 1.63 bits per heavy atom. The lowest BCUT2D eigenvalue weighted by atomic mass is 9.90. The Balaban J connectivity index is 2.31. The van der Waals surface area contributed by atoms with Gasteiger partial charge in [-0.15, -0.1) is 0 Å². The van der Waals surface area contributed by atoms with Crippen LogP contribution in [0.4, 0.5) is 11.4 Å². The van der Waals surface area contributed by atoms with Gasteiger partial charge in [0.05, 0.1) is 21.5 Å². The first kappa shape index (κ1) is 20.7. The van der Waals surface area contributed by atoms with E-state index in [0.29, 0.717) is 26.1 Å². The van der Waals surface area contributed by atoms with E-state index in [-0.39, 0.29) is 5.56 Å². The van der Waals surface area contributed by atoms with Gasteiger partial charge in [-0.25, -0.2) is 4.79 Å². The van der Waals surface area contributed by atoms with Crippen molar-refractivity contribution in [3.8, 4) is 0 Å². The molecule has 0 amide bonds. The summed E-state index contributed by atoms with van der Waals surface area (Å²) in [6.45, 7) is 4.32. The van der Waals surface area contributed by atoms with E-state index in [0.717, 1.165) is 31.0 Å². The second-order valence-corrected chi connectivity index (χ2v) is 6.07. The van der Waals surface area contributed by atoms with Crippen LogP contribution in [-0.4, -0.2) is 40.9 Å². The number of non-ortho nitro benzene ring substituents is 2. The summed E-state index contributed by atoms with van der Waals surface area (Å²) in [6, 6.07) is 2.71. The fraction of sp³-hybridized carbons (Fsp3) is 0.588. The summed E-state index contributed by atoms with van der Waals surface area (Å²) in [5.74, 6) is -1.97. The summed E-state index contributed by atoms with van der Waals surface area (Å²) in [5.41, 5.74) is -1.37. The SMILES string of the molecule is CCOC1(OCC)CCCCC1OC(=O)c1cc([N+](=O)[O-])cc([N+](=O)[O-])c1. The zero-order chi connectivity index (χ0) is 20.0. The Bertz CT molecular complexity index is 677. The number of benzene rings is 1. The van der Waals surface area contributed by atoms with Crippen LogP contribution in [0.1, 0.15) is 49.9 Å². The van der Waals surface area contributed by atoms with Crippen molar-refractivity contribution in [1.82, 2.24) is 0 Å². The molecule has 1 fully saturated rings. The maximum atomic E-state index is 12.6. The Hall–Kier alpha value is -2.59. The molecule has 148 valence electrons. The van der Waals surface area contributed by atoms with Crippen molar-refractivity contribution < 1.29 is 28.9 Å². The lowest BCUT2D eigenvalue weighted by Gasteiger charge is -2.42. The number of hydrogen-bond acceptors (Lipinski definition) is 8. The lowest BCUT2D eigenvalue weighted by molar-refractivity contribution is -0.394. The molecular formula is C17H22N2O8. The van der Waals surface area contributed by atoms with Gasteiger partial charge in [0, 0.05) is 31.8 Å². The summed E-state index contributed by atoms with van der Waals surface area (Å²) in [4.78, 5) is 33.0. The van der Waals surface area contributed by atoms with Crippen LogP contribution in [0.25, 0.3) is 0 Å². The highest BCUT2D eigenvalue weighted by atomic mass is 16.7. The molecule has 0 heterocycles. The Kier molecular flexibility index (Phi) is 6.81. The number of ether oxygens (including phenoxy) is 3. The summed E-state index contributed by atoms with van der Waals surface area (Å²) in [7, 11) is 0. The molecule has 1 unspecified atom stereocenters. The molecule has 1 aliphatic carbocycles. The average molecular weight is 382 g/mol. The first-order valence-corrected chi connectivity index (χ1v) is 8.75. The van der Waals surface area contributed by atoms with Crippen molar-refractivity contribution in [1.29, 1.82) is 0 Å².